The van der Waals surface area contributed by atoms with Crippen LogP contribution in [0.3, 0.4) is 0 Å². The Morgan fingerprint density at radius 3 is 2.86 bits per heavy atom. The number of carbonyl (C=O) groups excluding carboxylic acids is 1. The Bertz CT molecular complexity index is 462. The fourth-order valence-corrected chi connectivity index (χ4v) is 4.84. The summed E-state index contributed by atoms with van der Waals surface area (Å²) in [5, 5.41) is 10.4. The van der Waals surface area contributed by atoms with Crippen LogP contribution in [-0.4, -0.2) is 17.5 Å². The fourth-order valence-electron chi connectivity index (χ4n) is 4.84. The average Bonchev–Trinajstić information content (AvgIpc) is 2.80. The normalized spacial score (nSPS) is 37.2. The van der Waals surface area contributed by atoms with Crippen LogP contribution < -0.4 is 0 Å². The molecule has 0 saturated heterocycles. The van der Waals surface area contributed by atoms with Gasteiger partial charge in [-0.1, -0.05) is 26.0 Å². The lowest BCUT2D eigenvalue weighted by atomic mass is 9.60. The van der Waals surface area contributed by atoms with Crippen molar-refractivity contribution in [1.29, 1.82) is 0 Å². The molecule has 0 radical (unpaired) electrons. The molecule has 0 heterocycles. The molecule has 2 rings (SSSR count). The van der Waals surface area contributed by atoms with Gasteiger partial charge in [-0.3, -0.25) is 4.79 Å². The maximum atomic E-state index is 10.7. The standard InChI is InChI=1S/C20H32O2/c1-14(13-21)6-5-7-15(2)18-9-8-17(4)20(18)11-10-16(3)19(22)12-20/h6,10,13,15,17-19,22H,5,7-9,11-12H2,1-4H3/b14-6-/t15-,17-,18+,19-,20-/m0/s1. The van der Waals surface area contributed by atoms with Gasteiger partial charge in [-0.25, -0.2) is 0 Å². The predicted octanol–water partition coefficient (Wildman–Crippen LogP) is 4.68. The van der Waals surface area contributed by atoms with Crippen LogP contribution in [-0.2, 0) is 4.79 Å². The lowest BCUT2D eigenvalue weighted by Crippen LogP contribution is -2.40. The number of allylic oxidation sites excluding steroid dienone is 3. The van der Waals surface area contributed by atoms with Crippen molar-refractivity contribution >= 4 is 6.29 Å². The van der Waals surface area contributed by atoms with Crippen molar-refractivity contribution in [2.45, 2.75) is 72.3 Å². The smallest absolute Gasteiger partial charge is 0.145 e. The number of aliphatic hydroxyl groups is 1. The molecule has 0 bridgehead atoms. The Labute approximate surface area is 135 Å². The zero-order valence-electron chi connectivity index (χ0n) is 14.6. The average molecular weight is 304 g/mol. The predicted molar refractivity (Wildman–Crippen MR) is 91.5 cm³/mol. The van der Waals surface area contributed by atoms with Crippen molar-refractivity contribution in [3.8, 4) is 0 Å². The number of aliphatic hydroxyl groups excluding tert-OH is 1. The summed E-state index contributed by atoms with van der Waals surface area (Å²) in [6, 6.07) is 0. The third-order valence-corrected chi connectivity index (χ3v) is 6.49. The number of hydrogen-bond acceptors (Lipinski definition) is 2. The summed E-state index contributed by atoms with van der Waals surface area (Å²) < 4.78 is 0. The van der Waals surface area contributed by atoms with Gasteiger partial charge in [0.2, 0.25) is 0 Å². The Hall–Kier alpha value is -0.890. The number of aldehydes is 1. The van der Waals surface area contributed by atoms with E-state index in [1.807, 2.05) is 6.92 Å². The molecule has 5 atom stereocenters. The van der Waals surface area contributed by atoms with E-state index in [0.29, 0.717) is 23.2 Å². The first-order valence-electron chi connectivity index (χ1n) is 8.87. The van der Waals surface area contributed by atoms with Crippen LogP contribution in [0.1, 0.15) is 66.2 Å². The molecule has 2 aliphatic carbocycles. The van der Waals surface area contributed by atoms with Gasteiger partial charge in [0.05, 0.1) is 6.10 Å². The number of hydrogen-bond donors (Lipinski definition) is 1. The molecule has 0 unspecified atom stereocenters. The fraction of sp³-hybridized carbons (Fsp3) is 0.750. The quantitative estimate of drug-likeness (QED) is 0.455. The highest BCUT2D eigenvalue weighted by atomic mass is 16.3. The summed E-state index contributed by atoms with van der Waals surface area (Å²) in [6.45, 7) is 8.68. The molecule has 2 aliphatic rings. The topological polar surface area (TPSA) is 37.3 Å². The molecule has 2 heteroatoms. The third kappa shape index (κ3) is 3.37. The van der Waals surface area contributed by atoms with Gasteiger partial charge in [-0.05, 0) is 86.7 Å². The van der Waals surface area contributed by atoms with E-state index in [-0.39, 0.29) is 6.10 Å². The maximum absolute atomic E-state index is 10.7. The van der Waals surface area contributed by atoms with Crippen LogP contribution in [0.4, 0.5) is 0 Å². The van der Waals surface area contributed by atoms with E-state index >= 15 is 0 Å². The van der Waals surface area contributed by atoms with Crippen molar-refractivity contribution in [3.63, 3.8) is 0 Å². The largest absolute Gasteiger partial charge is 0.389 e. The summed E-state index contributed by atoms with van der Waals surface area (Å²) in [4.78, 5) is 10.7. The Balaban J connectivity index is 2.07. The van der Waals surface area contributed by atoms with E-state index in [0.717, 1.165) is 43.1 Å². The molecular formula is C20H32O2. The first-order chi connectivity index (χ1) is 10.4. The zero-order chi connectivity index (χ0) is 16.3. The minimum absolute atomic E-state index is 0.249. The molecular weight excluding hydrogens is 272 g/mol. The molecule has 1 fully saturated rings. The maximum Gasteiger partial charge on any atom is 0.145 e. The first kappa shape index (κ1) is 17.5. The molecule has 0 aromatic rings. The van der Waals surface area contributed by atoms with Gasteiger partial charge in [0.1, 0.15) is 6.29 Å². The molecule has 1 saturated carbocycles. The lowest BCUT2D eigenvalue weighted by Gasteiger charge is -2.45. The zero-order valence-corrected chi connectivity index (χ0v) is 14.6. The highest BCUT2D eigenvalue weighted by Gasteiger charge is 2.50. The molecule has 2 nitrogen and oxygen atoms in total. The van der Waals surface area contributed by atoms with E-state index < -0.39 is 0 Å². The van der Waals surface area contributed by atoms with Crippen molar-refractivity contribution in [1.82, 2.24) is 0 Å². The molecule has 0 aliphatic heterocycles. The van der Waals surface area contributed by atoms with E-state index in [1.54, 1.807) is 0 Å². The van der Waals surface area contributed by atoms with Crippen LogP contribution in [0.5, 0.6) is 0 Å². The van der Waals surface area contributed by atoms with Gasteiger partial charge in [0.25, 0.3) is 0 Å². The second-order valence-corrected chi connectivity index (χ2v) is 7.81. The monoisotopic (exact) mass is 304 g/mol. The molecule has 0 aromatic heterocycles. The van der Waals surface area contributed by atoms with Crippen molar-refractivity contribution in [2.24, 2.45) is 23.2 Å². The second-order valence-electron chi connectivity index (χ2n) is 7.81. The Morgan fingerprint density at radius 1 is 1.50 bits per heavy atom. The Morgan fingerprint density at radius 2 is 2.23 bits per heavy atom. The van der Waals surface area contributed by atoms with E-state index in [2.05, 4.69) is 32.9 Å². The number of carbonyl (C=O) groups is 1. The first-order valence-corrected chi connectivity index (χ1v) is 8.87. The molecule has 124 valence electrons. The molecule has 22 heavy (non-hydrogen) atoms. The van der Waals surface area contributed by atoms with Crippen LogP contribution in [0, 0.1) is 23.2 Å². The van der Waals surface area contributed by atoms with Crippen LogP contribution >= 0.6 is 0 Å². The summed E-state index contributed by atoms with van der Waals surface area (Å²) in [7, 11) is 0. The van der Waals surface area contributed by atoms with Crippen molar-refractivity contribution < 1.29 is 9.90 Å². The summed E-state index contributed by atoms with van der Waals surface area (Å²) in [6.07, 6.45) is 11.8. The van der Waals surface area contributed by atoms with Gasteiger partial charge in [0, 0.05) is 0 Å². The summed E-state index contributed by atoms with van der Waals surface area (Å²) >= 11 is 0. The molecule has 1 spiro atoms. The number of rotatable bonds is 5. The van der Waals surface area contributed by atoms with Gasteiger partial charge < -0.3 is 5.11 Å². The van der Waals surface area contributed by atoms with E-state index in [4.69, 9.17) is 0 Å². The van der Waals surface area contributed by atoms with Crippen molar-refractivity contribution in [2.75, 3.05) is 0 Å². The highest BCUT2D eigenvalue weighted by molar-refractivity contribution is 5.71. The van der Waals surface area contributed by atoms with E-state index in [9.17, 15) is 9.90 Å². The summed E-state index contributed by atoms with van der Waals surface area (Å²) in [5.74, 6) is 2.05. The molecule has 0 aromatic carbocycles. The van der Waals surface area contributed by atoms with Crippen LogP contribution in [0.15, 0.2) is 23.3 Å². The molecule has 1 N–H and O–H groups in total. The van der Waals surface area contributed by atoms with Crippen LogP contribution in [0.25, 0.3) is 0 Å². The third-order valence-electron chi connectivity index (χ3n) is 6.49. The van der Waals surface area contributed by atoms with Gasteiger partial charge in [-0.2, -0.15) is 0 Å². The Kier molecular flexibility index (Phi) is 5.65. The SMILES string of the molecule is CC1=CC[C@@]2(C[C@@H]1O)[C@@H]([C@@H](C)CC/C=C(/C)C=O)CC[C@@H]2C. The van der Waals surface area contributed by atoms with Gasteiger partial charge >= 0.3 is 0 Å². The van der Waals surface area contributed by atoms with Crippen LogP contribution in [0.2, 0.25) is 0 Å². The second kappa shape index (κ2) is 7.12. The minimum atomic E-state index is -0.249. The van der Waals surface area contributed by atoms with Crippen molar-refractivity contribution in [3.05, 3.63) is 23.3 Å². The van der Waals surface area contributed by atoms with E-state index in [1.165, 1.54) is 12.8 Å². The highest BCUT2D eigenvalue weighted by Crippen LogP contribution is 2.58. The van der Waals surface area contributed by atoms with Gasteiger partial charge in [-0.15, -0.1) is 0 Å². The van der Waals surface area contributed by atoms with Gasteiger partial charge in [0.15, 0.2) is 0 Å². The summed E-state index contributed by atoms with van der Waals surface area (Å²) in [5.41, 5.74) is 2.29. The molecule has 0 amide bonds. The lowest BCUT2D eigenvalue weighted by molar-refractivity contribution is -0.104. The minimum Gasteiger partial charge on any atom is -0.389 e.